The average molecular weight is 451 g/mol. The Labute approximate surface area is 178 Å². The van der Waals surface area contributed by atoms with Crippen LogP contribution in [0.1, 0.15) is 31.1 Å². The van der Waals surface area contributed by atoms with Gasteiger partial charge in [0.15, 0.2) is 14.6 Å². The molecule has 3 aromatic rings. The maximum atomic E-state index is 14.4. The molecule has 0 atom stereocenters. The summed E-state index contributed by atoms with van der Waals surface area (Å²) in [6.45, 7) is 6.32. The highest BCUT2D eigenvalue weighted by Crippen LogP contribution is 2.21. The van der Waals surface area contributed by atoms with Crippen molar-refractivity contribution in [3.8, 4) is 0 Å². The highest BCUT2D eigenvalue weighted by Gasteiger charge is 2.19. The Balaban J connectivity index is 2.01. The number of aromatic nitrogens is 1. The first-order valence-corrected chi connectivity index (χ1v) is 11.9. The van der Waals surface area contributed by atoms with Gasteiger partial charge in [-0.25, -0.2) is 12.8 Å². The molecule has 30 heavy (non-hydrogen) atoms. The van der Waals surface area contributed by atoms with Crippen LogP contribution in [0.25, 0.3) is 10.2 Å². The van der Waals surface area contributed by atoms with Gasteiger partial charge in [0.2, 0.25) is 0 Å². The summed E-state index contributed by atoms with van der Waals surface area (Å²) in [4.78, 5) is 17.4. The first kappa shape index (κ1) is 22.3. The highest BCUT2D eigenvalue weighted by molar-refractivity contribution is 7.92. The molecular formula is C21H23FN2O4S2. The Bertz CT molecular complexity index is 1230. The molecule has 160 valence electrons. The Hall–Kier alpha value is -2.36. The second-order valence-corrected chi connectivity index (χ2v) is 10.4. The van der Waals surface area contributed by atoms with Crippen molar-refractivity contribution in [1.82, 2.24) is 4.57 Å². The monoisotopic (exact) mass is 450 g/mol. The maximum absolute atomic E-state index is 14.4. The first-order valence-electron chi connectivity index (χ1n) is 9.54. The molecule has 0 aliphatic heterocycles. The number of rotatable bonds is 7. The van der Waals surface area contributed by atoms with Crippen LogP contribution in [0.3, 0.4) is 0 Å². The quantitative estimate of drug-likeness (QED) is 0.513. The molecule has 0 saturated carbocycles. The van der Waals surface area contributed by atoms with E-state index in [4.69, 9.17) is 4.74 Å². The maximum Gasteiger partial charge on any atom is 0.279 e. The van der Waals surface area contributed by atoms with Crippen LogP contribution in [0.5, 0.6) is 0 Å². The Morgan fingerprint density at radius 3 is 2.53 bits per heavy atom. The van der Waals surface area contributed by atoms with Gasteiger partial charge in [-0.1, -0.05) is 17.4 Å². The van der Waals surface area contributed by atoms with Crippen LogP contribution < -0.4 is 4.80 Å². The van der Waals surface area contributed by atoms with Crippen molar-refractivity contribution < 1.29 is 22.3 Å². The van der Waals surface area contributed by atoms with Gasteiger partial charge in [0, 0.05) is 18.7 Å². The number of carbonyl (C=O) groups is 1. The van der Waals surface area contributed by atoms with Crippen LogP contribution in [0.2, 0.25) is 0 Å². The molecule has 0 aliphatic rings. The lowest BCUT2D eigenvalue weighted by Gasteiger charge is -2.08. The predicted octanol–water partition coefficient (Wildman–Crippen LogP) is 3.80. The van der Waals surface area contributed by atoms with Crippen molar-refractivity contribution in [2.24, 2.45) is 4.99 Å². The van der Waals surface area contributed by atoms with Gasteiger partial charge >= 0.3 is 0 Å². The minimum absolute atomic E-state index is 0.157. The van der Waals surface area contributed by atoms with Crippen LogP contribution >= 0.6 is 11.3 Å². The van der Waals surface area contributed by atoms with Crippen LogP contribution in [0.4, 0.5) is 4.39 Å². The smallest absolute Gasteiger partial charge is 0.279 e. The van der Waals surface area contributed by atoms with Gasteiger partial charge in [0.05, 0.1) is 27.0 Å². The van der Waals surface area contributed by atoms with Gasteiger partial charge in [-0.05, 0) is 57.2 Å². The van der Waals surface area contributed by atoms with E-state index < -0.39 is 26.8 Å². The van der Waals surface area contributed by atoms with E-state index in [2.05, 4.69) is 4.99 Å². The number of ether oxygens (including phenoxy) is 1. The van der Waals surface area contributed by atoms with Crippen molar-refractivity contribution >= 4 is 37.3 Å². The molecule has 1 heterocycles. The van der Waals surface area contributed by atoms with Crippen molar-refractivity contribution in [1.29, 1.82) is 0 Å². The van der Waals surface area contributed by atoms with Crippen molar-refractivity contribution in [3.63, 3.8) is 0 Å². The van der Waals surface area contributed by atoms with E-state index in [0.717, 1.165) is 0 Å². The predicted molar refractivity (Wildman–Crippen MR) is 115 cm³/mol. The van der Waals surface area contributed by atoms with Gasteiger partial charge in [-0.15, -0.1) is 0 Å². The number of nitrogens with zero attached hydrogens (tertiary/aromatic N) is 2. The van der Waals surface area contributed by atoms with Crippen LogP contribution in [-0.2, 0) is 21.1 Å². The van der Waals surface area contributed by atoms with E-state index in [1.807, 2.05) is 6.92 Å². The zero-order valence-electron chi connectivity index (χ0n) is 17.0. The Kier molecular flexibility index (Phi) is 6.84. The van der Waals surface area contributed by atoms with Gasteiger partial charge in [-0.2, -0.15) is 4.99 Å². The number of hydrogen-bond donors (Lipinski definition) is 0. The summed E-state index contributed by atoms with van der Waals surface area (Å²) in [7, 11) is -3.42. The number of para-hydroxylation sites is 1. The minimum Gasteiger partial charge on any atom is -0.380 e. The molecule has 0 radical (unpaired) electrons. The summed E-state index contributed by atoms with van der Waals surface area (Å²) in [5.74, 6) is -0.919. The summed E-state index contributed by atoms with van der Waals surface area (Å²) >= 11 is 1.21. The Morgan fingerprint density at radius 1 is 1.20 bits per heavy atom. The van der Waals surface area contributed by atoms with E-state index in [0.29, 0.717) is 34.8 Å². The van der Waals surface area contributed by atoms with Gasteiger partial charge in [0.1, 0.15) is 5.82 Å². The van der Waals surface area contributed by atoms with E-state index in [1.165, 1.54) is 41.7 Å². The largest absolute Gasteiger partial charge is 0.380 e. The topological polar surface area (TPSA) is 77.7 Å². The molecule has 0 fully saturated rings. The third-order valence-corrected chi connectivity index (χ3v) is 7.78. The molecule has 0 saturated heterocycles. The fraction of sp³-hybridized carbons (Fsp3) is 0.333. The summed E-state index contributed by atoms with van der Waals surface area (Å²) in [5.41, 5.74) is 0.638. The van der Waals surface area contributed by atoms with Crippen LogP contribution in [0.15, 0.2) is 52.4 Å². The standard InChI is InChI=1S/C21H23FN2O4S2/c1-4-28-13-12-24-19-17(22)6-5-7-18(19)29-21(24)23-20(25)15-8-10-16(11-9-15)30(26,27)14(2)3/h5-11,14H,4,12-13H2,1-3H3. The lowest BCUT2D eigenvalue weighted by Crippen LogP contribution is -2.20. The number of halogens is 1. The minimum atomic E-state index is -3.42. The zero-order valence-corrected chi connectivity index (χ0v) is 18.6. The Morgan fingerprint density at radius 2 is 1.90 bits per heavy atom. The second kappa shape index (κ2) is 9.20. The fourth-order valence-electron chi connectivity index (χ4n) is 2.89. The van der Waals surface area contributed by atoms with Crippen molar-refractivity contribution in [2.75, 3.05) is 13.2 Å². The van der Waals surface area contributed by atoms with Crippen LogP contribution in [-0.4, -0.2) is 37.4 Å². The molecule has 0 spiro atoms. The van der Waals surface area contributed by atoms with Crippen molar-refractivity contribution in [2.45, 2.75) is 37.5 Å². The molecule has 0 bridgehead atoms. The van der Waals surface area contributed by atoms with Crippen LogP contribution in [0, 0.1) is 5.82 Å². The summed E-state index contributed by atoms with van der Waals surface area (Å²) < 4.78 is 46.6. The molecule has 0 aliphatic carbocycles. The lowest BCUT2D eigenvalue weighted by molar-refractivity contribution is 0.0996. The third kappa shape index (κ3) is 4.53. The molecule has 6 nitrogen and oxygen atoms in total. The third-order valence-electron chi connectivity index (χ3n) is 4.56. The molecule has 3 rings (SSSR count). The number of hydrogen-bond acceptors (Lipinski definition) is 5. The van der Waals surface area contributed by atoms with E-state index >= 15 is 0 Å². The average Bonchev–Trinajstić information content (AvgIpc) is 3.06. The molecule has 1 aromatic heterocycles. The molecule has 0 N–H and O–H groups in total. The highest BCUT2D eigenvalue weighted by atomic mass is 32.2. The molecule has 1 amide bonds. The fourth-order valence-corrected chi connectivity index (χ4v) is 5.02. The number of fused-ring (bicyclic) bond motifs is 1. The molecule has 2 aromatic carbocycles. The van der Waals surface area contributed by atoms with Crippen molar-refractivity contribution in [3.05, 3.63) is 58.6 Å². The number of carbonyl (C=O) groups excluding carboxylic acids is 1. The summed E-state index contributed by atoms with van der Waals surface area (Å²) in [6.07, 6.45) is 0. The van der Waals surface area contributed by atoms with Gasteiger partial charge in [-0.3, -0.25) is 4.79 Å². The molecule has 0 unspecified atom stereocenters. The SMILES string of the molecule is CCOCCn1c(=NC(=O)c2ccc(S(=O)(=O)C(C)C)cc2)sc2cccc(F)c21. The zero-order chi connectivity index (χ0) is 21.9. The van der Waals surface area contributed by atoms with Gasteiger partial charge < -0.3 is 9.30 Å². The van der Waals surface area contributed by atoms with E-state index in [-0.39, 0.29) is 10.5 Å². The lowest BCUT2D eigenvalue weighted by atomic mass is 10.2. The summed E-state index contributed by atoms with van der Waals surface area (Å²) in [6, 6.07) is 10.5. The summed E-state index contributed by atoms with van der Waals surface area (Å²) in [5, 5.41) is -0.554. The normalized spacial score (nSPS) is 12.8. The molecule has 9 heteroatoms. The second-order valence-electron chi connectivity index (χ2n) is 6.85. The number of thiazole rings is 1. The van der Waals surface area contributed by atoms with E-state index in [9.17, 15) is 17.6 Å². The molecular weight excluding hydrogens is 427 g/mol. The number of sulfone groups is 1. The van der Waals surface area contributed by atoms with Gasteiger partial charge in [0.25, 0.3) is 5.91 Å². The van der Waals surface area contributed by atoms with E-state index in [1.54, 1.807) is 30.5 Å². The number of amides is 1. The number of benzene rings is 2. The first-order chi connectivity index (χ1) is 14.3.